The summed E-state index contributed by atoms with van der Waals surface area (Å²) in [4.78, 5) is 4.66. The van der Waals surface area contributed by atoms with Gasteiger partial charge in [-0.2, -0.15) is 0 Å². The van der Waals surface area contributed by atoms with Crippen LogP contribution in [0.1, 0.15) is 20.3 Å². The number of anilines is 1. The summed E-state index contributed by atoms with van der Waals surface area (Å²) >= 11 is 5.48. The molecule has 1 aliphatic rings. The van der Waals surface area contributed by atoms with Crippen LogP contribution in [0.15, 0.2) is 24.3 Å². The van der Waals surface area contributed by atoms with Crippen molar-refractivity contribution in [2.24, 2.45) is 0 Å². The van der Waals surface area contributed by atoms with E-state index in [2.05, 4.69) is 41.1 Å². The predicted molar refractivity (Wildman–Crippen MR) is 92.3 cm³/mol. The predicted octanol–water partition coefficient (Wildman–Crippen LogP) is 2.49. The molecule has 0 amide bonds. The number of nitrogens with one attached hydrogen (secondary N) is 1. The van der Waals surface area contributed by atoms with Gasteiger partial charge in [0.2, 0.25) is 0 Å². The Hall–Kier alpha value is -1.49. The van der Waals surface area contributed by atoms with Crippen LogP contribution >= 0.6 is 12.2 Å². The van der Waals surface area contributed by atoms with Crippen molar-refractivity contribution in [2.45, 2.75) is 26.3 Å². The van der Waals surface area contributed by atoms with E-state index in [1.165, 1.54) is 5.69 Å². The molecule has 116 valence electrons. The van der Waals surface area contributed by atoms with Crippen LogP contribution in [0, 0.1) is 0 Å². The van der Waals surface area contributed by atoms with Crippen LogP contribution < -0.4 is 15.0 Å². The Morgan fingerprint density at radius 1 is 1.24 bits per heavy atom. The van der Waals surface area contributed by atoms with E-state index < -0.39 is 0 Å². The van der Waals surface area contributed by atoms with Crippen molar-refractivity contribution in [3.05, 3.63) is 24.3 Å². The molecule has 1 heterocycles. The van der Waals surface area contributed by atoms with Gasteiger partial charge in [-0.3, -0.25) is 0 Å². The number of nitrogens with zero attached hydrogens (tertiary/aromatic N) is 2. The van der Waals surface area contributed by atoms with Gasteiger partial charge in [0.05, 0.1) is 7.11 Å². The lowest BCUT2D eigenvalue weighted by Gasteiger charge is -2.38. The van der Waals surface area contributed by atoms with Crippen LogP contribution in [0.2, 0.25) is 0 Å². The standard InChI is InChI=1S/C16H25N3OS/c1-4-13(2)17-16(21)19-11-9-18(10-12-19)14-5-7-15(20-3)8-6-14/h5-8,13H,4,9-12H2,1-3H3,(H,17,21). The van der Waals surface area contributed by atoms with Crippen LogP contribution in [-0.4, -0.2) is 49.3 Å². The van der Waals surface area contributed by atoms with Crippen molar-refractivity contribution < 1.29 is 4.74 Å². The van der Waals surface area contributed by atoms with Crippen molar-refractivity contribution >= 4 is 23.0 Å². The molecule has 1 aromatic rings. The largest absolute Gasteiger partial charge is 0.497 e. The van der Waals surface area contributed by atoms with E-state index in [9.17, 15) is 0 Å². The molecule has 2 rings (SSSR count). The number of rotatable bonds is 4. The second kappa shape index (κ2) is 7.50. The maximum absolute atomic E-state index is 5.48. The highest BCUT2D eigenvalue weighted by molar-refractivity contribution is 7.80. The highest BCUT2D eigenvalue weighted by atomic mass is 32.1. The average molecular weight is 307 g/mol. The van der Waals surface area contributed by atoms with Gasteiger partial charge in [-0.05, 0) is 49.8 Å². The van der Waals surface area contributed by atoms with Crippen LogP contribution in [0.4, 0.5) is 5.69 Å². The van der Waals surface area contributed by atoms with Crippen molar-refractivity contribution in [1.82, 2.24) is 10.2 Å². The Morgan fingerprint density at radius 3 is 2.38 bits per heavy atom. The van der Waals surface area contributed by atoms with Crippen LogP contribution in [-0.2, 0) is 0 Å². The zero-order valence-electron chi connectivity index (χ0n) is 13.1. The summed E-state index contributed by atoms with van der Waals surface area (Å²) in [5.74, 6) is 0.899. The summed E-state index contributed by atoms with van der Waals surface area (Å²) in [6, 6.07) is 8.69. The van der Waals surface area contributed by atoms with E-state index in [1.54, 1.807) is 7.11 Å². The Bertz CT molecular complexity index is 455. The second-order valence-electron chi connectivity index (χ2n) is 5.43. The summed E-state index contributed by atoms with van der Waals surface area (Å²) in [6.45, 7) is 8.26. The maximum Gasteiger partial charge on any atom is 0.169 e. The SMILES string of the molecule is CCC(C)NC(=S)N1CCN(c2ccc(OC)cc2)CC1. The number of ether oxygens (including phenoxy) is 1. The Labute approximate surface area is 133 Å². The lowest BCUT2D eigenvalue weighted by Crippen LogP contribution is -2.53. The minimum atomic E-state index is 0.442. The minimum Gasteiger partial charge on any atom is -0.497 e. The molecule has 1 saturated heterocycles. The fourth-order valence-corrected chi connectivity index (χ4v) is 2.75. The van der Waals surface area contributed by atoms with Crippen molar-refractivity contribution in [3.8, 4) is 5.75 Å². The molecule has 0 aromatic heterocycles. The second-order valence-corrected chi connectivity index (χ2v) is 5.82. The molecule has 0 bridgehead atoms. The summed E-state index contributed by atoms with van der Waals surface area (Å²) in [5.41, 5.74) is 1.25. The molecule has 4 nitrogen and oxygen atoms in total. The first-order valence-electron chi connectivity index (χ1n) is 7.58. The minimum absolute atomic E-state index is 0.442. The van der Waals surface area contributed by atoms with Crippen molar-refractivity contribution in [1.29, 1.82) is 0 Å². The first kappa shape index (κ1) is 15.9. The zero-order valence-corrected chi connectivity index (χ0v) is 13.9. The van der Waals surface area contributed by atoms with Gasteiger partial charge in [0, 0.05) is 37.9 Å². The van der Waals surface area contributed by atoms with Crippen molar-refractivity contribution in [2.75, 3.05) is 38.2 Å². The van der Waals surface area contributed by atoms with Gasteiger partial charge in [0.1, 0.15) is 5.75 Å². The van der Waals surface area contributed by atoms with Gasteiger partial charge in [0.15, 0.2) is 5.11 Å². The number of hydrogen-bond donors (Lipinski definition) is 1. The maximum atomic E-state index is 5.48. The highest BCUT2D eigenvalue weighted by Gasteiger charge is 2.19. The van der Waals surface area contributed by atoms with Crippen LogP contribution in [0.5, 0.6) is 5.75 Å². The molecule has 5 heteroatoms. The van der Waals surface area contributed by atoms with Gasteiger partial charge in [-0.1, -0.05) is 6.92 Å². The molecule has 0 radical (unpaired) electrons. The zero-order chi connectivity index (χ0) is 15.2. The smallest absolute Gasteiger partial charge is 0.169 e. The van der Waals surface area contributed by atoms with E-state index in [0.29, 0.717) is 6.04 Å². The molecule has 0 saturated carbocycles. The quantitative estimate of drug-likeness (QED) is 0.863. The van der Waals surface area contributed by atoms with Crippen molar-refractivity contribution in [3.63, 3.8) is 0 Å². The fourth-order valence-electron chi connectivity index (χ4n) is 2.36. The Morgan fingerprint density at radius 2 is 1.86 bits per heavy atom. The van der Waals surface area contributed by atoms with Gasteiger partial charge in [0.25, 0.3) is 0 Å². The van der Waals surface area contributed by atoms with Crippen LogP contribution in [0.25, 0.3) is 0 Å². The third kappa shape index (κ3) is 4.24. The fraction of sp³-hybridized carbons (Fsp3) is 0.562. The summed E-state index contributed by atoms with van der Waals surface area (Å²) in [6.07, 6.45) is 1.09. The molecule has 21 heavy (non-hydrogen) atoms. The Balaban J connectivity index is 1.86. The average Bonchev–Trinajstić information content (AvgIpc) is 2.55. The number of piperazine rings is 1. The molecule has 1 atom stereocenters. The van der Waals surface area contributed by atoms with Gasteiger partial charge in [-0.25, -0.2) is 0 Å². The van der Waals surface area contributed by atoms with Gasteiger partial charge < -0.3 is 19.9 Å². The molecule has 1 N–H and O–H groups in total. The van der Waals surface area contributed by atoms with E-state index in [-0.39, 0.29) is 0 Å². The number of hydrogen-bond acceptors (Lipinski definition) is 3. The lowest BCUT2D eigenvalue weighted by molar-refractivity contribution is 0.375. The third-order valence-electron chi connectivity index (χ3n) is 3.99. The molecule has 1 aliphatic heterocycles. The van der Waals surface area contributed by atoms with Gasteiger partial charge in [-0.15, -0.1) is 0 Å². The molecule has 0 aliphatic carbocycles. The van der Waals surface area contributed by atoms with E-state index >= 15 is 0 Å². The highest BCUT2D eigenvalue weighted by Crippen LogP contribution is 2.20. The number of thiocarbonyl (C=S) groups is 1. The normalized spacial score (nSPS) is 16.5. The molecule has 1 fully saturated rings. The molecular formula is C16H25N3OS. The molecular weight excluding hydrogens is 282 g/mol. The summed E-state index contributed by atoms with van der Waals surface area (Å²) in [5, 5.41) is 4.28. The molecule has 0 spiro atoms. The first-order valence-corrected chi connectivity index (χ1v) is 7.99. The topological polar surface area (TPSA) is 27.7 Å². The third-order valence-corrected chi connectivity index (χ3v) is 4.36. The first-order chi connectivity index (χ1) is 10.1. The summed E-state index contributed by atoms with van der Waals surface area (Å²) in [7, 11) is 1.69. The van der Waals surface area contributed by atoms with E-state index in [1.807, 2.05) is 12.1 Å². The van der Waals surface area contributed by atoms with E-state index in [4.69, 9.17) is 17.0 Å². The number of methoxy groups -OCH3 is 1. The lowest BCUT2D eigenvalue weighted by atomic mass is 10.2. The molecule has 1 unspecified atom stereocenters. The van der Waals surface area contributed by atoms with E-state index in [0.717, 1.165) is 43.5 Å². The van der Waals surface area contributed by atoms with Crippen LogP contribution in [0.3, 0.4) is 0 Å². The monoisotopic (exact) mass is 307 g/mol. The Kier molecular flexibility index (Phi) is 5.67. The number of benzene rings is 1. The van der Waals surface area contributed by atoms with Gasteiger partial charge >= 0.3 is 0 Å². The molecule has 1 aromatic carbocycles. The summed E-state index contributed by atoms with van der Waals surface area (Å²) < 4.78 is 5.20.